The van der Waals surface area contributed by atoms with Crippen molar-refractivity contribution >= 4 is 21.6 Å². The predicted molar refractivity (Wildman–Crippen MR) is 117 cm³/mol. The van der Waals surface area contributed by atoms with Crippen LogP contribution in [0.4, 0.5) is 10.1 Å². The third-order valence-corrected chi connectivity index (χ3v) is 7.63. The number of nitrogens with one attached hydrogen (secondary N) is 2. The van der Waals surface area contributed by atoms with Gasteiger partial charge in [0.05, 0.1) is 10.5 Å². The van der Waals surface area contributed by atoms with Crippen LogP contribution in [0, 0.1) is 31.5 Å². The SMILES string of the molecule is Cc1ccc(C)c(NC(=O)c2cc(S(=O)(=O)N[C@@H]3CCC[C@@H](C)[C@H]3C)ccc2F)c1. The standard InChI is InChI=1S/C23H29FN2O3S/c1-14-8-9-16(3)22(12-14)25-23(27)19-13-18(10-11-20(19)24)30(28,29)26-21-7-5-6-15(2)17(21)4/h8-13,15,17,21,26H,5-7H2,1-4H3,(H,25,27)/t15-,17-,21-/m1/s1. The molecule has 0 unspecified atom stereocenters. The molecule has 0 saturated heterocycles. The van der Waals surface area contributed by atoms with Crippen LogP contribution >= 0.6 is 0 Å². The fraction of sp³-hybridized carbons (Fsp3) is 0.435. The van der Waals surface area contributed by atoms with Crippen molar-refractivity contribution in [2.24, 2.45) is 11.8 Å². The van der Waals surface area contributed by atoms with E-state index in [2.05, 4.69) is 17.0 Å². The number of hydrogen-bond donors (Lipinski definition) is 2. The molecule has 7 heteroatoms. The summed E-state index contributed by atoms with van der Waals surface area (Å²) < 4.78 is 43.0. The first-order valence-corrected chi connectivity index (χ1v) is 11.8. The first-order valence-electron chi connectivity index (χ1n) is 10.3. The number of halogens is 1. The van der Waals surface area contributed by atoms with Gasteiger partial charge in [-0.3, -0.25) is 4.79 Å². The second-order valence-corrected chi connectivity index (χ2v) is 10.1. The zero-order valence-electron chi connectivity index (χ0n) is 17.8. The Kier molecular flexibility index (Phi) is 6.62. The van der Waals surface area contributed by atoms with E-state index < -0.39 is 21.7 Å². The molecule has 0 radical (unpaired) electrons. The van der Waals surface area contributed by atoms with Gasteiger partial charge in [0.2, 0.25) is 10.0 Å². The molecule has 3 atom stereocenters. The van der Waals surface area contributed by atoms with Gasteiger partial charge in [-0.15, -0.1) is 0 Å². The van der Waals surface area contributed by atoms with Gasteiger partial charge in [0.15, 0.2) is 0 Å². The topological polar surface area (TPSA) is 75.3 Å². The summed E-state index contributed by atoms with van der Waals surface area (Å²) in [5.74, 6) is -0.811. The lowest BCUT2D eigenvalue weighted by Gasteiger charge is -2.34. The predicted octanol–water partition coefficient (Wildman–Crippen LogP) is 4.80. The summed E-state index contributed by atoms with van der Waals surface area (Å²) in [4.78, 5) is 12.6. The molecule has 0 aliphatic heterocycles. The Bertz CT molecular complexity index is 1050. The van der Waals surface area contributed by atoms with E-state index in [0.29, 0.717) is 11.6 Å². The zero-order valence-corrected chi connectivity index (χ0v) is 18.6. The van der Waals surface area contributed by atoms with Crippen molar-refractivity contribution in [1.82, 2.24) is 4.72 Å². The van der Waals surface area contributed by atoms with Crippen LogP contribution in [0.15, 0.2) is 41.3 Å². The molecule has 162 valence electrons. The number of carbonyl (C=O) groups excluding carboxylic acids is 1. The quantitative estimate of drug-likeness (QED) is 0.713. The smallest absolute Gasteiger partial charge is 0.258 e. The molecule has 2 aromatic carbocycles. The van der Waals surface area contributed by atoms with E-state index in [-0.39, 0.29) is 22.4 Å². The monoisotopic (exact) mass is 432 g/mol. The van der Waals surface area contributed by atoms with Gasteiger partial charge in [-0.2, -0.15) is 0 Å². The van der Waals surface area contributed by atoms with E-state index in [9.17, 15) is 17.6 Å². The van der Waals surface area contributed by atoms with Crippen molar-refractivity contribution in [3.63, 3.8) is 0 Å². The maximum atomic E-state index is 14.4. The number of aryl methyl sites for hydroxylation is 2. The van der Waals surface area contributed by atoms with Crippen LogP contribution in [0.1, 0.15) is 54.6 Å². The molecule has 30 heavy (non-hydrogen) atoms. The average Bonchev–Trinajstić information content (AvgIpc) is 2.68. The summed E-state index contributed by atoms with van der Waals surface area (Å²) in [6.45, 7) is 7.90. The minimum atomic E-state index is -3.87. The van der Waals surface area contributed by atoms with Gasteiger partial charge >= 0.3 is 0 Å². The summed E-state index contributed by atoms with van der Waals surface area (Å²) >= 11 is 0. The molecule has 3 rings (SSSR count). The van der Waals surface area contributed by atoms with E-state index >= 15 is 0 Å². The molecular formula is C23H29FN2O3S. The summed E-state index contributed by atoms with van der Waals surface area (Å²) in [7, 11) is -3.87. The highest BCUT2D eigenvalue weighted by Crippen LogP contribution is 2.30. The van der Waals surface area contributed by atoms with E-state index in [1.165, 1.54) is 6.07 Å². The molecule has 1 saturated carbocycles. The minimum absolute atomic E-state index is 0.111. The van der Waals surface area contributed by atoms with Crippen LogP contribution in [-0.2, 0) is 10.0 Å². The highest BCUT2D eigenvalue weighted by molar-refractivity contribution is 7.89. The van der Waals surface area contributed by atoms with Gasteiger partial charge in [-0.25, -0.2) is 17.5 Å². The molecule has 0 heterocycles. The largest absolute Gasteiger partial charge is 0.322 e. The first kappa shape index (κ1) is 22.4. The Morgan fingerprint density at radius 3 is 2.53 bits per heavy atom. The van der Waals surface area contributed by atoms with Crippen LogP contribution < -0.4 is 10.0 Å². The molecule has 2 aromatic rings. The summed E-state index contributed by atoms with van der Waals surface area (Å²) in [6, 6.07) is 8.73. The second kappa shape index (κ2) is 8.86. The van der Waals surface area contributed by atoms with Crippen LogP contribution in [-0.4, -0.2) is 20.4 Å². The van der Waals surface area contributed by atoms with E-state index in [1.807, 2.05) is 32.9 Å². The highest BCUT2D eigenvalue weighted by Gasteiger charge is 2.31. The average molecular weight is 433 g/mol. The van der Waals surface area contributed by atoms with E-state index in [1.54, 1.807) is 6.07 Å². The molecule has 1 fully saturated rings. The van der Waals surface area contributed by atoms with Gasteiger partial charge in [-0.05, 0) is 67.5 Å². The molecule has 1 aliphatic rings. The van der Waals surface area contributed by atoms with Crippen LogP contribution in [0.2, 0.25) is 0 Å². The van der Waals surface area contributed by atoms with Gasteiger partial charge in [0.1, 0.15) is 5.82 Å². The molecule has 2 N–H and O–H groups in total. The normalized spacial score (nSPS) is 22.0. The van der Waals surface area contributed by atoms with Crippen LogP contribution in [0.3, 0.4) is 0 Å². The number of carbonyl (C=O) groups is 1. The number of rotatable bonds is 5. The Morgan fingerprint density at radius 2 is 1.80 bits per heavy atom. The molecule has 0 bridgehead atoms. The molecular weight excluding hydrogens is 403 g/mol. The van der Waals surface area contributed by atoms with Gasteiger partial charge in [0, 0.05) is 11.7 Å². The lowest BCUT2D eigenvalue weighted by Crippen LogP contribution is -2.43. The fourth-order valence-electron chi connectivity index (χ4n) is 3.92. The van der Waals surface area contributed by atoms with Crippen molar-refractivity contribution in [3.05, 3.63) is 58.9 Å². The summed E-state index contributed by atoms with van der Waals surface area (Å²) in [5.41, 5.74) is 2.05. The van der Waals surface area contributed by atoms with Crippen molar-refractivity contribution in [2.75, 3.05) is 5.32 Å². The summed E-state index contributed by atoms with van der Waals surface area (Å²) in [6.07, 6.45) is 2.82. The first-order chi connectivity index (χ1) is 14.1. The fourth-order valence-corrected chi connectivity index (χ4v) is 5.31. The Labute approximate surface area is 178 Å². The molecule has 1 aliphatic carbocycles. The van der Waals surface area contributed by atoms with Crippen LogP contribution in [0.5, 0.6) is 0 Å². The number of hydrogen-bond acceptors (Lipinski definition) is 3. The van der Waals surface area contributed by atoms with Crippen molar-refractivity contribution in [1.29, 1.82) is 0 Å². The van der Waals surface area contributed by atoms with Crippen molar-refractivity contribution < 1.29 is 17.6 Å². The van der Waals surface area contributed by atoms with Crippen molar-refractivity contribution in [2.45, 2.75) is 57.9 Å². The minimum Gasteiger partial charge on any atom is -0.322 e. The molecule has 0 aromatic heterocycles. The second-order valence-electron chi connectivity index (χ2n) is 8.41. The van der Waals surface area contributed by atoms with Crippen LogP contribution in [0.25, 0.3) is 0 Å². The lowest BCUT2D eigenvalue weighted by molar-refractivity contribution is 0.102. The maximum absolute atomic E-state index is 14.4. The van der Waals surface area contributed by atoms with Gasteiger partial charge in [0.25, 0.3) is 5.91 Å². The Hall–Kier alpha value is -2.25. The van der Waals surface area contributed by atoms with E-state index in [0.717, 1.165) is 42.5 Å². The van der Waals surface area contributed by atoms with Gasteiger partial charge < -0.3 is 5.32 Å². The number of anilines is 1. The number of benzene rings is 2. The lowest BCUT2D eigenvalue weighted by atomic mass is 9.78. The third kappa shape index (κ3) is 4.90. The maximum Gasteiger partial charge on any atom is 0.258 e. The van der Waals surface area contributed by atoms with E-state index in [4.69, 9.17) is 0 Å². The molecule has 1 amide bonds. The number of amides is 1. The zero-order chi connectivity index (χ0) is 22.1. The molecule has 0 spiro atoms. The van der Waals surface area contributed by atoms with Gasteiger partial charge in [-0.1, -0.05) is 38.8 Å². The Balaban J connectivity index is 1.85. The highest BCUT2D eigenvalue weighted by atomic mass is 32.2. The Morgan fingerprint density at radius 1 is 1.07 bits per heavy atom. The summed E-state index contributed by atoms with van der Waals surface area (Å²) in [5, 5.41) is 2.69. The number of sulfonamides is 1. The third-order valence-electron chi connectivity index (χ3n) is 6.15. The molecule has 5 nitrogen and oxygen atoms in total. The van der Waals surface area contributed by atoms with Crippen molar-refractivity contribution in [3.8, 4) is 0 Å².